The number of fused-ring (bicyclic) bond motifs is 1. The largest absolute Gasteiger partial charge is 0.370 e. The summed E-state index contributed by atoms with van der Waals surface area (Å²) < 4.78 is 0. The molecule has 1 aromatic heterocycles. The van der Waals surface area contributed by atoms with Crippen LogP contribution < -0.4 is 126 Å². The lowest BCUT2D eigenvalue weighted by Gasteiger charge is -2.30. The van der Waals surface area contributed by atoms with E-state index in [-0.39, 0.29) is 139 Å². The van der Waals surface area contributed by atoms with E-state index in [0.717, 1.165) is 10.9 Å². The first-order chi connectivity index (χ1) is 61.1. The highest BCUT2D eigenvalue weighted by atomic mass is 16.2. The van der Waals surface area contributed by atoms with Crippen molar-refractivity contribution in [3.8, 4) is 0 Å². The van der Waals surface area contributed by atoms with E-state index in [1.807, 2.05) is 52.0 Å². The highest BCUT2D eigenvalue weighted by Gasteiger charge is 2.39. The minimum atomic E-state index is -1.41. The molecule has 0 aliphatic rings. The quantitative estimate of drug-likeness (QED) is 0.0162. The summed E-state index contributed by atoms with van der Waals surface area (Å²) in [4.78, 5) is 225. The molecule has 0 fully saturated rings. The van der Waals surface area contributed by atoms with Crippen LogP contribution in [0.2, 0.25) is 0 Å². The van der Waals surface area contributed by atoms with E-state index in [0.29, 0.717) is 56.1 Å². The van der Waals surface area contributed by atoms with E-state index < -0.39 is 198 Å². The SMILES string of the molecule is CC[C@H](C)[C@H](NC(=O)[C@H](CCCCN)NC(=O)[C@H](CCCCN)NC(=O)[C@H](Cc1ccccc1)NC(=O)[C@H](CC(C)C)NC(=O)[C@H](CCCCN)NC(=O)[C@H](Cc1c[nH]c2ccccc12)NC(=O)CN)C(=O)NCC(=O)N[C@@H](CCCN=C(N)N)C(=O)N[C@H](C(=O)N[C@@H](CC(C)C)C(=O)N[C@@H](CCCN=C(N)N)C(=O)N[C@H](C(=O)N[C@@H](CC(C)C)C(N)=O)C(C)C)C(C)C. The minimum absolute atomic E-state index is 0.000755. The fourth-order valence-corrected chi connectivity index (χ4v) is 14.2. The van der Waals surface area contributed by atoms with Crippen molar-refractivity contribution in [2.75, 3.05) is 45.8 Å². The molecule has 0 unspecified atom stereocenters. The number of nitrogens with zero attached hydrogens (tertiary/aromatic N) is 2. The van der Waals surface area contributed by atoms with Crippen LogP contribution in [-0.2, 0) is 84.8 Å². The van der Waals surface area contributed by atoms with Gasteiger partial charge in [-0.05, 0) is 175 Å². The Morgan fingerprint density at radius 1 is 0.349 bits per heavy atom. The number of aliphatic imine (C=N–C) groups is 2. The molecule has 2 aromatic carbocycles. The number of hydrogen-bond acceptors (Lipinski definition) is 21. The Morgan fingerprint density at radius 3 is 1.09 bits per heavy atom. The average Bonchev–Trinajstić information content (AvgIpc) is 1.67. The second-order valence-corrected chi connectivity index (χ2v) is 34.8. The maximum Gasteiger partial charge on any atom is 0.243 e. The number of unbranched alkanes of at least 4 members (excludes halogenated alkanes) is 3. The third-order valence-corrected chi connectivity index (χ3v) is 21.5. The predicted octanol–water partition coefficient (Wildman–Crippen LogP) is -2.19. The smallest absolute Gasteiger partial charge is 0.243 e. The molecule has 41 nitrogen and oxygen atoms in total. The molecular formula is C88H150N26O15. The van der Waals surface area contributed by atoms with Gasteiger partial charge in [0.15, 0.2) is 11.9 Å². The van der Waals surface area contributed by atoms with Crippen molar-refractivity contribution < 1.29 is 71.9 Å². The zero-order valence-corrected chi connectivity index (χ0v) is 77.3. The van der Waals surface area contributed by atoms with Crippen molar-refractivity contribution >= 4 is 111 Å². The predicted molar refractivity (Wildman–Crippen MR) is 495 cm³/mol. The van der Waals surface area contributed by atoms with E-state index >= 15 is 4.79 Å². The number of carbonyl (C=O) groups excluding carboxylic acids is 15. The summed E-state index contributed by atoms with van der Waals surface area (Å²) in [6, 6.07) is -0.735. The number of aromatic nitrogens is 1. The van der Waals surface area contributed by atoms with Crippen LogP contribution in [0.1, 0.15) is 203 Å². The fraction of sp³-hybridized carbons (Fsp3) is 0.648. The highest BCUT2D eigenvalue weighted by Crippen LogP contribution is 2.22. The van der Waals surface area contributed by atoms with Crippen molar-refractivity contribution in [2.45, 2.75) is 284 Å². The molecule has 0 saturated heterocycles. The number of aromatic amines is 1. The van der Waals surface area contributed by atoms with Crippen molar-refractivity contribution in [3.63, 3.8) is 0 Å². The summed E-state index contributed by atoms with van der Waals surface area (Å²) in [6.45, 7) is 20.5. The van der Waals surface area contributed by atoms with Crippen LogP contribution in [0.5, 0.6) is 0 Å². The van der Waals surface area contributed by atoms with Crippen LogP contribution in [0.3, 0.4) is 0 Å². The van der Waals surface area contributed by atoms with E-state index in [1.54, 1.807) is 91.9 Å². The number of hydrogen-bond donors (Lipinski definition) is 24. The molecule has 3 rings (SSSR count). The molecule has 0 aliphatic carbocycles. The van der Waals surface area contributed by atoms with Gasteiger partial charge in [-0.3, -0.25) is 81.9 Å². The normalized spacial score (nSPS) is 14.6. The van der Waals surface area contributed by atoms with Crippen LogP contribution in [0.25, 0.3) is 10.9 Å². The van der Waals surface area contributed by atoms with Gasteiger partial charge >= 0.3 is 0 Å². The molecule has 129 heavy (non-hydrogen) atoms. The molecule has 14 atom stereocenters. The van der Waals surface area contributed by atoms with Crippen molar-refractivity contribution in [1.29, 1.82) is 0 Å². The summed E-state index contributed by atoms with van der Waals surface area (Å²) in [5, 5.41) is 39.1. The maximum absolute atomic E-state index is 15.0. The van der Waals surface area contributed by atoms with Gasteiger partial charge in [0.2, 0.25) is 88.6 Å². The lowest BCUT2D eigenvalue weighted by molar-refractivity contribution is -0.136. The standard InChI is InChI=1S/C88H150N26O15/c1-13-54(12)73(84(127)101-48-70(116)102-59(34-25-39-98-87(94)95)77(120)112-72(53(10)11)86(129)111-66(43-51(6)7)80(123)107-63(35-26-40-99-88(96)97)78(121)113-71(52(8)9)85(128)108-64(74(93)117)41-49(2)3)114-79(122)62(33-21-24-38-91)104-75(118)60(31-19-22-36-89)105-82(125)67(44-55-27-15-14-16-28-55)110-81(124)65(42-50(4)5)109-76(119)61(32-20-23-37-90)106-83(126)68(103-69(115)46-92)45-56-47-100-58-30-18-17-29-57(56)58/h14-18,27-30,47,49-54,59-68,71-73,100H,13,19-26,31-46,48,89-92H2,1-12H3,(H2,93,117)(H,101,127)(H,102,116)(H,103,115)(H,104,118)(H,105,125)(H,106,126)(H,107,123)(H,108,128)(H,109,119)(H,110,124)(H,111,129)(H,112,120)(H,113,121)(H,114,122)(H4,94,95,98)(H4,96,97,99)/t54-,59-,60-,61-,62-,63-,64-,65-,66-,67-,68-,71-,72-,73-/m0/s1. The number of nitrogens with one attached hydrogen (secondary N) is 15. The molecule has 0 saturated carbocycles. The number of rotatable bonds is 63. The third kappa shape index (κ3) is 42.0. The number of benzene rings is 2. The molecule has 0 spiro atoms. The van der Waals surface area contributed by atoms with Crippen molar-refractivity contribution in [3.05, 3.63) is 71.9 Å². The molecule has 0 bridgehead atoms. The van der Waals surface area contributed by atoms with Crippen LogP contribution in [0.15, 0.2) is 70.8 Å². The van der Waals surface area contributed by atoms with Gasteiger partial charge in [-0.25, -0.2) is 0 Å². The van der Waals surface area contributed by atoms with Gasteiger partial charge in [-0.2, -0.15) is 0 Å². The second-order valence-electron chi connectivity index (χ2n) is 34.8. The molecule has 722 valence electrons. The number of amides is 15. The molecule has 3 aromatic rings. The Morgan fingerprint density at radius 2 is 0.690 bits per heavy atom. The Balaban J connectivity index is 1.95. The molecular weight excluding hydrogens is 1660 g/mol. The average molecular weight is 1810 g/mol. The number of H-pyrrole nitrogens is 1. The Labute approximate surface area is 757 Å². The summed E-state index contributed by atoms with van der Waals surface area (Å²) in [7, 11) is 0. The topological polar surface area (TPSA) is 699 Å². The van der Waals surface area contributed by atoms with Crippen molar-refractivity contribution in [1.82, 2.24) is 79.4 Å². The summed E-state index contributed by atoms with van der Waals surface area (Å²) in [6.07, 6.45) is 4.74. The number of guanidine groups is 2. The second kappa shape index (κ2) is 59.5. The van der Waals surface area contributed by atoms with E-state index in [4.69, 9.17) is 51.6 Å². The Bertz CT molecular complexity index is 4130. The molecule has 15 amide bonds. The third-order valence-electron chi connectivity index (χ3n) is 21.5. The van der Waals surface area contributed by atoms with E-state index in [9.17, 15) is 67.1 Å². The number of carbonyl (C=O) groups is 15. The first kappa shape index (κ1) is 112. The lowest BCUT2D eigenvalue weighted by atomic mass is 9.97. The lowest BCUT2D eigenvalue weighted by Crippen LogP contribution is -2.61. The highest BCUT2D eigenvalue weighted by molar-refractivity contribution is 6.01. The van der Waals surface area contributed by atoms with E-state index in [1.165, 1.54) is 0 Å². The van der Waals surface area contributed by atoms with Gasteiger partial charge in [0, 0.05) is 43.0 Å². The summed E-state index contributed by atoms with van der Waals surface area (Å²) in [5.74, 6) is -14.5. The number of nitrogens with two attached hydrogens (primary N) is 9. The Kier molecular flexibility index (Phi) is 51.5. The van der Waals surface area contributed by atoms with Crippen LogP contribution in [-0.4, -0.2) is 230 Å². The monoisotopic (exact) mass is 1810 g/mol. The molecule has 41 heteroatoms. The van der Waals surface area contributed by atoms with Crippen LogP contribution >= 0.6 is 0 Å². The number of primary amides is 1. The molecule has 1 heterocycles. The van der Waals surface area contributed by atoms with E-state index in [2.05, 4.69) is 89.4 Å². The van der Waals surface area contributed by atoms with Crippen LogP contribution in [0.4, 0.5) is 0 Å². The van der Waals surface area contributed by atoms with Crippen molar-refractivity contribution in [2.24, 2.45) is 97.1 Å². The molecule has 0 aliphatic heterocycles. The zero-order valence-electron chi connectivity index (χ0n) is 77.3. The first-order valence-electron chi connectivity index (χ1n) is 45.1. The van der Waals surface area contributed by atoms with Gasteiger partial charge in [-0.15, -0.1) is 0 Å². The van der Waals surface area contributed by atoms with Gasteiger partial charge in [0.25, 0.3) is 0 Å². The maximum atomic E-state index is 15.0. The summed E-state index contributed by atoms with van der Waals surface area (Å²) in [5.41, 5.74) is 53.6. The molecule has 33 N–H and O–H groups in total. The van der Waals surface area contributed by atoms with Gasteiger partial charge in [0.05, 0.1) is 13.1 Å². The van der Waals surface area contributed by atoms with Gasteiger partial charge in [-0.1, -0.05) is 138 Å². The zero-order chi connectivity index (χ0) is 96.6. The minimum Gasteiger partial charge on any atom is -0.370 e. The Hall–Kier alpha value is -11.6. The van der Waals surface area contributed by atoms with Gasteiger partial charge in [0.1, 0.15) is 78.5 Å². The fourth-order valence-electron chi connectivity index (χ4n) is 14.2. The summed E-state index contributed by atoms with van der Waals surface area (Å²) >= 11 is 0. The van der Waals surface area contributed by atoms with Gasteiger partial charge < -0.3 is 131 Å². The molecule has 0 radical (unpaired) electrons. The number of para-hydroxylation sites is 1. The van der Waals surface area contributed by atoms with Crippen LogP contribution in [0, 0.1) is 35.5 Å². The first-order valence-corrected chi connectivity index (χ1v) is 45.1.